The molecule has 0 aliphatic rings. The third kappa shape index (κ3) is 4.03. The minimum atomic E-state index is -0.647. The number of hydroxylamine groups is 1. The van der Waals surface area contributed by atoms with Gasteiger partial charge < -0.3 is 4.74 Å². The van der Waals surface area contributed by atoms with E-state index in [-0.39, 0.29) is 5.82 Å². The average Bonchev–Trinajstić information content (AvgIpc) is 2.19. The fourth-order valence-electron chi connectivity index (χ4n) is 1.17. The van der Waals surface area contributed by atoms with Crippen LogP contribution in [-0.4, -0.2) is 18.8 Å². The molecule has 17 heavy (non-hydrogen) atoms. The van der Waals surface area contributed by atoms with Crippen LogP contribution in [0.5, 0.6) is 0 Å². The predicted molar refractivity (Wildman–Crippen MR) is 62.1 cm³/mol. The molecule has 0 aliphatic heterocycles. The quantitative estimate of drug-likeness (QED) is 0.747. The number of carbonyl (C=O) groups is 1. The van der Waals surface area contributed by atoms with Crippen molar-refractivity contribution in [2.24, 2.45) is 0 Å². The van der Waals surface area contributed by atoms with Crippen molar-refractivity contribution in [3.05, 3.63) is 30.1 Å². The van der Waals surface area contributed by atoms with Crippen LogP contribution < -0.4 is 5.06 Å². The van der Waals surface area contributed by atoms with Crippen molar-refractivity contribution in [2.75, 3.05) is 12.2 Å². The Bertz CT molecular complexity index is 384. The zero-order valence-electron chi connectivity index (χ0n) is 10.4. The summed E-state index contributed by atoms with van der Waals surface area (Å²) in [4.78, 5) is 16.7. The number of benzene rings is 1. The number of anilines is 1. The van der Waals surface area contributed by atoms with Crippen molar-refractivity contribution < 1.29 is 18.8 Å². The molecule has 0 bridgehead atoms. The molecule has 0 heterocycles. The summed E-state index contributed by atoms with van der Waals surface area (Å²) in [6.45, 7) is 5.26. The SMILES string of the molecule is CON(C(=O)OC(C)(C)C)c1ccc(F)cc1. The molecule has 4 nitrogen and oxygen atoms in total. The molecule has 94 valence electrons. The van der Waals surface area contributed by atoms with Crippen LogP contribution in [0.4, 0.5) is 14.9 Å². The molecule has 0 radical (unpaired) electrons. The highest BCUT2D eigenvalue weighted by Gasteiger charge is 2.23. The van der Waals surface area contributed by atoms with Crippen molar-refractivity contribution in [3.63, 3.8) is 0 Å². The molecule has 1 aromatic carbocycles. The number of rotatable bonds is 2. The predicted octanol–water partition coefficient (Wildman–Crippen LogP) is 3.13. The number of halogens is 1. The zero-order chi connectivity index (χ0) is 13.1. The first-order chi connectivity index (χ1) is 7.83. The van der Waals surface area contributed by atoms with Gasteiger partial charge in [0, 0.05) is 0 Å². The van der Waals surface area contributed by atoms with Crippen LogP contribution in [0.1, 0.15) is 20.8 Å². The van der Waals surface area contributed by atoms with Gasteiger partial charge in [-0.1, -0.05) is 0 Å². The maximum Gasteiger partial charge on any atom is 0.439 e. The van der Waals surface area contributed by atoms with Gasteiger partial charge in [0.15, 0.2) is 0 Å². The summed E-state index contributed by atoms with van der Waals surface area (Å²) in [5.41, 5.74) is -0.211. The van der Waals surface area contributed by atoms with Gasteiger partial charge in [-0.3, -0.25) is 4.84 Å². The summed E-state index contributed by atoms with van der Waals surface area (Å²) >= 11 is 0. The van der Waals surface area contributed by atoms with Gasteiger partial charge in [0.05, 0.1) is 12.8 Å². The van der Waals surface area contributed by atoms with Gasteiger partial charge in [0.2, 0.25) is 0 Å². The molecule has 0 N–H and O–H groups in total. The van der Waals surface area contributed by atoms with E-state index in [1.54, 1.807) is 20.8 Å². The van der Waals surface area contributed by atoms with E-state index in [1.807, 2.05) is 0 Å². The van der Waals surface area contributed by atoms with Gasteiger partial charge >= 0.3 is 6.09 Å². The molecule has 0 saturated carbocycles. The summed E-state index contributed by atoms with van der Waals surface area (Å²) in [7, 11) is 1.34. The lowest BCUT2D eigenvalue weighted by Gasteiger charge is -2.25. The first-order valence-electron chi connectivity index (χ1n) is 5.16. The number of carbonyl (C=O) groups excluding carboxylic acids is 1. The van der Waals surface area contributed by atoms with Crippen LogP contribution in [0.3, 0.4) is 0 Å². The largest absolute Gasteiger partial charge is 0.442 e. The summed E-state index contributed by atoms with van der Waals surface area (Å²) < 4.78 is 17.9. The molecular weight excluding hydrogens is 225 g/mol. The Labute approximate surface area is 99.9 Å². The van der Waals surface area contributed by atoms with Crippen LogP contribution in [0.25, 0.3) is 0 Å². The minimum absolute atomic E-state index is 0.381. The standard InChI is InChI=1S/C12H16FNO3/c1-12(2,3)17-11(15)14(16-4)10-7-5-9(13)6-8-10/h5-8H,1-4H3. The molecule has 0 saturated heterocycles. The third-order valence-corrected chi connectivity index (χ3v) is 1.80. The second-order valence-electron chi connectivity index (χ2n) is 4.43. The van der Waals surface area contributed by atoms with E-state index >= 15 is 0 Å². The first kappa shape index (κ1) is 13.4. The normalized spacial score (nSPS) is 11.1. The van der Waals surface area contributed by atoms with E-state index in [9.17, 15) is 9.18 Å². The number of ether oxygens (including phenoxy) is 1. The highest BCUT2D eigenvalue weighted by Crippen LogP contribution is 2.18. The van der Waals surface area contributed by atoms with E-state index in [2.05, 4.69) is 0 Å². The molecule has 5 heteroatoms. The molecule has 0 spiro atoms. The summed E-state index contributed by atoms with van der Waals surface area (Å²) in [5, 5.41) is 0.963. The highest BCUT2D eigenvalue weighted by molar-refractivity contribution is 5.85. The lowest BCUT2D eigenvalue weighted by Crippen LogP contribution is -2.36. The Morgan fingerprint density at radius 3 is 2.18 bits per heavy atom. The van der Waals surface area contributed by atoms with Gasteiger partial charge in [-0.25, -0.2) is 9.18 Å². The van der Waals surface area contributed by atoms with Gasteiger partial charge in [0.25, 0.3) is 0 Å². The van der Waals surface area contributed by atoms with Gasteiger partial charge in [0.1, 0.15) is 11.4 Å². The van der Waals surface area contributed by atoms with E-state index in [0.29, 0.717) is 5.69 Å². The average molecular weight is 241 g/mol. The molecule has 0 aromatic heterocycles. The van der Waals surface area contributed by atoms with Crippen molar-refractivity contribution in [3.8, 4) is 0 Å². The Morgan fingerprint density at radius 2 is 1.76 bits per heavy atom. The maximum atomic E-state index is 12.8. The van der Waals surface area contributed by atoms with Gasteiger partial charge in [-0.2, -0.15) is 5.06 Å². The van der Waals surface area contributed by atoms with Gasteiger partial charge in [-0.05, 0) is 45.0 Å². The molecule has 1 amide bonds. The van der Waals surface area contributed by atoms with Crippen molar-refractivity contribution in [1.82, 2.24) is 0 Å². The van der Waals surface area contributed by atoms with Crippen LogP contribution in [-0.2, 0) is 9.57 Å². The van der Waals surface area contributed by atoms with E-state index in [1.165, 1.54) is 31.4 Å². The zero-order valence-corrected chi connectivity index (χ0v) is 10.4. The number of hydrogen-bond donors (Lipinski definition) is 0. The number of amides is 1. The Morgan fingerprint density at radius 1 is 1.24 bits per heavy atom. The van der Waals surface area contributed by atoms with Crippen LogP contribution in [0.15, 0.2) is 24.3 Å². The fraction of sp³-hybridized carbons (Fsp3) is 0.417. The van der Waals surface area contributed by atoms with E-state index in [0.717, 1.165) is 5.06 Å². The van der Waals surface area contributed by atoms with Crippen LogP contribution in [0.2, 0.25) is 0 Å². The van der Waals surface area contributed by atoms with Crippen LogP contribution in [0, 0.1) is 5.82 Å². The first-order valence-corrected chi connectivity index (χ1v) is 5.16. The van der Waals surface area contributed by atoms with E-state index in [4.69, 9.17) is 9.57 Å². The monoisotopic (exact) mass is 241 g/mol. The smallest absolute Gasteiger partial charge is 0.439 e. The second kappa shape index (κ2) is 5.14. The third-order valence-electron chi connectivity index (χ3n) is 1.80. The van der Waals surface area contributed by atoms with E-state index < -0.39 is 11.7 Å². The Kier molecular flexibility index (Phi) is 4.07. The van der Waals surface area contributed by atoms with Crippen molar-refractivity contribution in [1.29, 1.82) is 0 Å². The summed E-state index contributed by atoms with van der Waals surface area (Å²) in [6.07, 6.45) is -0.647. The molecule has 1 aromatic rings. The lowest BCUT2D eigenvalue weighted by atomic mass is 10.2. The molecule has 0 fully saturated rings. The van der Waals surface area contributed by atoms with Crippen LogP contribution >= 0.6 is 0 Å². The maximum absolute atomic E-state index is 12.8. The summed E-state index contributed by atoms with van der Waals surface area (Å²) in [5.74, 6) is -0.381. The van der Waals surface area contributed by atoms with Gasteiger partial charge in [-0.15, -0.1) is 0 Å². The summed E-state index contributed by atoms with van der Waals surface area (Å²) in [6, 6.07) is 5.35. The number of hydrogen-bond acceptors (Lipinski definition) is 3. The second-order valence-corrected chi connectivity index (χ2v) is 4.43. The highest BCUT2D eigenvalue weighted by atomic mass is 19.1. The lowest BCUT2D eigenvalue weighted by molar-refractivity contribution is 0.0328. The Hall–Kier alpha value is -1.62. The molecular formula is C12H16FNO3. The van der Waals surface area contributed by atoms with Crippen molar-refractivity contribution in [2.45, 2.75) is 26.4 Å². The fourth-order valence-corrected chi connectivity index (χ4v) is 1.17. The molecule has 1 rings (SSSR count). The minimum Gasteiger partial charge on any atom is -0.442 e. The molecule has 0 unspecified atom stereocenters. The Balaban J connectivity index is 2.84. The topological polar surface area (TPSA) is 38.8 Å². The molecule has 0 atom stereocenters. The molecule has 0 aliphatic carbocycles. The number of nitrogens with zero attached hydrogens (tertiary/aromatic N) is 1. The van der Waals surface area contributed by atoms with Crippen molar-refractivity contribution >= 4 is 11.8 Å².